The lowest BCUT2D eigenvalue weighted by atomic mass is 9.98. The van der Waals surface area contributed by atoms with E-state index in [1.54, 1.807) is 13.0 Å². The van der Waals surface area contributed by atoms with Crippen LogP contribution in [0.3, 0.4) is 0 Å². The molecule has 0 N–H and O–H groups in total. The Kier molecular flexibility index (Phi) is 6.67. The van der Waals surface area contributed by atoms with Crippen LogP contribution >= 0.6 is 23.2 Å². The summed E-state index contributed by atoms with van der Waals surface area (Å²) in [6.07, 6.45) is 1.81. The monoisotopic (exact) mass is 236 g/mol. The Hall–Kier alpha value is -0.470. The van der Waals surface area contributed by atoms with Gasteiger partial charge in [-0.1, -0.05) is 35.4 Å². The lowest BCUT2D eigenvalue weighted by Crippen LogP contribution is -2.10. The zero-order chi connectivity index (χ0) is 11.1. The average Bonchev–Trinajstić information content (AvgIpc) is 2.02. The lowest BCUT2D eigenvalue weighted by Gasteiger charge is -2.11. The Labute approximate surface area is 94.5 Å². The fourth-order valence-corrected chi connectivity index (χ4v) is 1.23. The van der Waals surface area contributed by atoms with Gasteiger partial charge in [-0.25, -0.2) is 0 Å². The van der Waals surface area contributed by atoms with Crippen LogP contribution in [0.15, 0.2) is 22.7 Å². The van der Waals surface area contributed by atoms with Crippen molar-refractivity contribution in [2.75, 3.05) is 6.61 Å². The van der Waals surface area contributed by atoms with Gasteiger partial charge in [-0.2, -0.15) is 0 Å². The van der Waals surface area contributed by atoms with Crippen molar-refractivity contribution in [3.8, 4) is 0 Å². The van der Waals surface area contributed by atoms with Gasteiger partial charge in [-0.15, -0.1) is 0 Å². The van der Waals surface area contributed by atoms with Crippen molar-refractivity contribution in [1.82, 2.24) is 0 Å². The number of hydrogen-bond acceptors (Lipinski definition) is 2. The molecule has 0 aromatic heterocycles. The van der Waals surface area contributed by atoms with Crippen molar-refractivity contribution in [3.63, 3.8) is 0 Å². The van der Waals surface area contributed by atoms with Crippen molar-refractivity contribution >= 4 is 29.2 Å². The molecule has 0 amide bonds. The van der Waals surface area contributed by atoms with Crippen LogP contribution in [0.2, 0.25) is 0 Å². The molecule has 80 valence electrons. The highest BCUT2D eigenvalue weighted by atomic mass is 35.5. The van der Waals surface area contributed by atoms with Crippen LogP contribution < -0.4 is 0 Å². The molecule has 0 fully saturated rings. The van der Waals surface area contributed by atoms with E-state index in [1.807, 2.05) is 6.92 Å². The maximum absolute atomic E-state index is 11.2. The highest BCUT2D eigenvalue weighted by Gasteiger charge is 2.13. The van der Waals surface area contributed by atoms with Crippen LogP contribution in [0, 0.1) is 5.92 Å². The Morgan fingerprint density at radius 1 is 1.57 bits per heavy atom. The molecular weight excluding hydrogens is 223 g/mol. The third-order valence-corrected chi connectivity index (χ3v) is 1.90. The van der Waals surface area contributed by atoms with Gasteiger partial charge in [-0.05, 0) is 19.9 Å². The average molecular weight is 237 g/mol. The molecule has 0 bridgehead atoms. The first kappa shape index (κ1) is 13.5. The summed E-state index contributed by atoms with van der Waals surface area (Å²) in [4.78, 5) is 11.2. The molecule has 0 rings (SSSR count). The molecule has 0 aliphatic heterocycles. The van der Waals surface area contributed by atoms with E-state index in [-0.39, 0.29) is 22.8 Å². The molecule has 0 aromatic carbocycles. The van der Waals surface area contributed by atoms with E-state index in [9.17, 15) is 4.79 Å². The van der Waals surface area contributed by atoms with Crippen LogP contribution in [0.25, 0.3) is 0 Å². The van der Waals surface area contributed by atoms with E-state index in [0.29, 0.717) is 6.61 Å². The SMILES string of the molecule is C=C(C)C(C=C(Cl)Cl)CC(=O)OCC. The number of esters is 1. The summed E-state index contributed by atoms with van der Waals surface area (Å²) < 4.78 is 4.95. The second-order valence-electron chi connectivity index (χ2n) is 2.92. The molecule has 1 unspecified atom stereocenters. The quantitative estimate of drug-likeness (QED) is 0.540. The van der Waals surface area contributed by atoms with E-state index in [0.717, 1.165) is 5.57 Å². The molecule has 0 aromatic rings. The van der Waals surface area contributed by atoms with Crippen LogP contribution in [-0.4, -0.2) is 12.6 Å². The predicted molar refractivity (Wildman–Crippen MR) is 59.3 cm³/mol. The number of hydrogen-bond donors (Lipinski definition) is 0. The fraction of sp³-hybridized carbons (Fsp3) is 0.500. The standard InChI is InChI=1S/C10H14Cl2O2/c1-4-14-10(13)6-8(7(2)3)5-9(11)12/h5,8H,2,4,6H2,1,3H3. The second kappa shape index (κ2) is 6.91. The van der Waals surface area contributed by atoms with Gasteiger partial charge >= 0.3 is 5.97 Å². The van der Waals surface area contributed by atoms with Gasteiger partial charge < -0.3 is 4.74 Å². The third-order valence-electron chi connectivity index (χ3n) is 1.65. The summed E-state index contributed by atoms with van der Waals surface area (Å²) in [6, 6.07) is 0. The number of rotatable bonds is 5. The number of ether oxygens (including phenoxy) is 1. The molecule has 0 saturated heterocycles. The van der Waals surface area contributed by atoms with E-state index >= 15 is 0 Å². The Bertz CT molecular complexity index is 243. The zero-order valence-corrected chi connectivity index (χ0v) is 9.86. The number of halogens is 2. The van der Waals surface area contributed by atoms with Crippen LogP contribution in [-0.2, 0) is 9.53 Å². The minimum atomic E-state index is -0.272. The van der Waals surface area contributed by atoms with E-state index in [2.05, 4.69) is 6.58 Å². The first-order valence-corrected chi connectivity index (χ1v) is 5.06. The van der Waals surface area contributed by atoms with Crippen LogP contribution in [0.1, 0.15) is 20.3 Å². The molecule has 0 radical (unpaired) electrons. The summed E-state index contributed by atoms with van der Waals surface area (Å²) in [7, 11) is 0. The van der Waals surface area contributed by atoms with E-state index < -0.39 is 0 Å². The van der Waals surface area contributed by atoms with Gasteiger partial charge in [-0.3, -0.25) is 4.79 Å². The number of allylic oxidation sites excluding steroid dienone is 2. The van der Waals surface area contributed by atoms with Gasteiger partial charge in [0.15, 0.2) is 0 Å². The van der Waals surface area contributed by atoms with Gasteiger partial charge in [0, 0.05) is 5.92 Å². The first-order valence-electron chi connectivity index (χ1n) is 4.31. The smallest absolute Gasteiger partial charge is 0.306 e. The summed E-state index contributed by atoms with van der Waals surface area (Å²) in [6.45, 7) is 7.71. The largest absolute Gasteiger partial charge is 0.466 e. The highest BCUT2D eigenvalue weighted by molar-refractivity contribution is 6.55. The summed E-state index contributed by atoms with van der Waals surface area (Å²) in [5.74, 6) is -0.426. The summed E-state index contributed by atoms with van der Waals surface area (Å²) in [5.41, 5.74) is 0.830. The molecule has 0 spiro atoms. The summed E-state index contributed by atoms with van der Waals surface area (Å²) >= 11 is 11.0. The van der Waals surface area contributed by atoms with Crippen molar-refractivity contribution in [1.29, 1.82) is 0 Å². The van der Waals surface area contributed by atoms with Crippen molar-refractivity contribution in [2.24, 2.45) is 5.92 Å². The van der Waals surface area contributed by atoms with Crippen molar-refractivity contribution in [2.45, 2.75) is 20.3 Å². The first-order chi connectivity index (χ1) is 6.47. The van der Waals surface area contributed by atoms with E-state index in [4.69, 9.17) is 27.9 Å². The molecule has 0 heterocycles. The van der Waals surface area contributed by atoms with Gasteiger partial charge in [0.1, 0.15) is 4.49 Å². The molecule has 14 heavy (non-hydrogen) atoms. The third kappa shape index (κ3) is 6.06. The molecule has 4 heteroatoms. The van der Waals surface area contributed by atoms with Crippen molar-refractivity contribution < 1.29 is 9.53 Å². The Morgan fingerprint density at radius 3 is 2.50 bits per heavy atom. The topological polar surface area (TPSA) is 26.3 Å². The Morgan fingerprint density at radius 2 is 2.14 bits per heavy atom. The fourth-order valence-electron chi connectivity index (χ4n) is 0.927. The molecule has 2 nitrogen and oxygen atoms in total. The van der Waals surface area contributed by atoms with Crippen LogP contribution in [0.5, 0.6) is 0 Å². The van der Waals surface area contributed by atoms with Gasteiger partial charge in [0.05, 0.1) is 13.0 Å². The predicted octanol–water partition coefficient (Wildman–Crippen LogP) is 3.45. The van der Waals surface area contributed by atoms with Gasteiger partial charge in [0.2, 0.25) is 0 Å². The highest BCUT2D eigenvalue weighted by Crippen LogP contribution is 2.20. The molecule has 0 saturated carbocycles. The second-order valence-corrected chi connectivity index (χ2v) is 3.93. The van der Waals surface area contributed by atoms with Crippen LogP contribution in [0.4, 0.5) is 0 Å². The normalized spacial score (nSPS) is 11.7. The molecule has 0 aliphatic carbocycles. The molecule has 1 atom stereocenters. The van der Waals surface area contributed by atoms with Gasteiger partial charge in [0.25, 0.3) is 0 Å². The minimum Gasteiger partial charge on any atom is -0.466 e. The van der Waals surface area contributed by atoms with Crippen molar-refractivity contribution in [3.05, 3.63) is 22.7 Å². The number of carbonyl (C=O) groups is 1. The maximum atomic E-state index is 11.2. The maximum Gasteiger partial charge on any atom is 0.306 e. The lowest BCUT2D eigenvalue weighted by molar-refractivity contribution is -0.143. The zero-order valence-electron chi connectivity index (χ0n) is 8.35. The number of carbonyl (C=O) groups excluding carboxylic acids is 1. The van der Waals surface area contributed by atoms with E-state index in [1.165, 1.54) is 0 Å². The molecular formula is C10H14Cl2O2. The summed E-state index contributed by atoms with van der Waals surface area (Å²) in [5, 5.41) is 0. The minimum absolute atomic E-state index is 0.141. The molecule has 0 aliphatic rings. The Balaban J connectivity index is 4.31.